The molecule has 0 fully saturated rings. The third kappa shape index (κ3) is 7.39. The van der Waals surface area contributed by atoms with E-state index in [1.54, 1.807) is 34.6 Å². The molecule has 2 aromatic rings. The average molecular weight is 490 g/mol. The Kier molecular flexibility index (Phi) is 9.30. The summed E-state index contributed by atoms with van der Waals surface area (Å²) in [6.07, 6.45) is -1.95. The maximum Gasteiger partial charge on any atom is 0.339 e. The molecule has 0 bridgehead atoms. The first-order valence-corrected chi connectivity index (χ1v) is 12.5. The fourth-order valence-corrected chi connectivity index (χ4v) is 5.03. The van der Waals surface area contributed by atoms with Gasteiger partial charge in [-0.25, -0.2) is 8.78 Å². The number of alkyl halides is 2. The molecule has 0 aliphatic heterocycles. The van der Waals surface area contributed by atoms with Gasteiger partial charge in [-0.05, 0) is 34.6 Å². The first kappa shape index (κ1) is 27.5. The summed E-state index contributed by atoms with van der Waals surface area (Å²) in [6, 6.07) is 5.59. The number of rotatable bonds is 12. The number of halogens is 2. The van der Waals surface area contributed by atoms with E-state index in [1.807, 2.05) is 0 Å². The van der Waals surface area contributed by atoms with Crippen molar-refractivity contribution in [3.63, 3.8) is 0 Å². The standard InChI is InChI=1S/C22H33F2N2O6P/c1-7-22(23,24)16-12-10-15(11-13-16)19-25-18(32-26-19)14-17(20(27)31-21(4,5)6)33(28,29-8-2)30-9-3/h10-13,17,20,27H,7-9,14H2,1-6H3. The Morgan fingerprint density at radius 1 is 1.09 bits per heavy atom. The van der Waals surface area contributed by atoms with Crippen molar-refractivity contribution in [3.05, 3.63) is 35.7 Å². The van der Waals surface area contributed by atoms with Gasteiger partial charge >= 0.3 is 7.60 Å². The number of aliphatic hydroxyl groups excluding tert-OH is 1. The Labute approximate surface area is 193 Å². The van der Waals surface area contributed by atoms with Gasteiger partial charge in [-0.15, -0.1) is 0 Å². The van der Waals surface area contributed by atoms with Gasteiger partial charge in [0.15, 0.2) is 6.29 Å². The lowest BCUT2D eigenvalue weighted by Crippen LogP contribution is -2.38. The minimum Gasteiger partial charge on any atom is -0.367 e. The smallest absolute Gasteiger partial charge is 0.339 e. The Bertz CT molecular complexity index is 920. The average Bonchev–Trinajstić information content (AvgIpc) is 3.20. The summed E-state index contributed by atoms with van der Waals surface area (Å²) in [6.45, 7) is 10.2. The second-order valence-corrected chi connectivity index (χ2v) is 10.7. The molecule has 0 aliphatic rings. The molecule has 0 radical (unpaired) electrons. The van der Waals surface area contributed by atoms with E-state index < -0.39 is 31.1 Å². The Morgan fingerprint density at radius 3 is 2.15 bits per heavy atom. The van der Waals surface area contributed by atoms with E-state index in [-0.39, 0.29) is 43.3 Å². The van der Waals surface area contributed by atoms with Crippen molar-refractivity contribution in [1.29, 1.82) is 0 Å². The van der Waals surface area contributed by atoms with Crippen molar-refractivity contribution < 1.29 is 36.8 Å². The summed E-state index contributed by atoms with van der Waals surface area (Å²) in [5.74, 6) is -2.69. The fraction of sp³-hybridized carbons (Fsp3) is 0.636. The van der Waals surface area contributed by atoms with Crippen molar-refractivity contribution in [1.82, 2.24) is 10.1 Å². The highest BCUT2D eigenvalue weighted by Gasteiger charge is 2.44. The van der Waals surface area contributed by atoms with Crippen LogP contribution in [-0.4, -0.2) is 46.0 Å². The van der Waals surface area contributed by atoms with Crippen molar-refractivity contribution >= 4 is 7.60 Å². The first-order valence-electron chi connectivity index (χ1n) is 10.9. The molecule has 0 spiro atoms. The zero-order chi connectivity index (χ0) is 24.9. The minimum absolute atomic E-state index is 0.0640. The fourth-order valence-electron chi connectivity index (χ4n) is 3.10. The van der Waals surface area contributed by atoms with E-state index in [4.69, 9.17) is 18.3 Å². The van der Waals surface area contributed by atoms with Gasteiger partial charge in [-0.3, -0.25) is 4.57 Å². The molecule has 1 aromatic heterocycles. The van der Waals surface area contributed by atoms with Gasteiger partial charge < -0.3 is 23.4 Å². The van der Waals surface area contributed by atoms with Gasteiger partial charge in [0.1, 0.15) is 5.66 Å². The molecule has 1 N–H and O–H groups in total. The number of aliphatic hydroxyl groups is 1. The van der Waals surface area contributed by atoms with Crippen molar-refractivity contribution in [2.75, 3.05) is 13.2 Å². The summed E-state index contributed by atoms with van der Waals surface area (Å²) >= 11 is 0. The molecular formula is C22H33F2N2O6P. The maximum absolute atomic E-state index is 13.9. The van der Waals surface area contributed by atoms with Crippen LogP contribution in [0.1, 0.15) is 59.4 Å². The topological polar surface area (TPSA) is 104 Å². The van der Waals surface area contributed by atoms with E-state index in [2.05, 4.69) is 10.1 Å². The molecular weight excluding hydrogens is 457 g/mol. The van der Waals surface area contributed by atoms with Crippen LogP contribution in [0.2, 0.25) is 0 Å². The number of hydrogen-bond acceptors (Lipinski definition) is 8. The van der Waals surface area contributed by atoms with Crippen LogP contribution < -0.4 is 0 Å². The Hall–Kier alpha value is -1.71. The van der Waals surface area contributed by atoms with Crippen LogP contribution in [0, 0.1) is 0 Å². The summed E-state index contributed by atoms with van der Waals surface area (Å²) in [4.78, 5) is 4.28. The van der Waals surface area contributed by atoms with E-state index in [0.717, 1.165) is 0 Å². The van der Waals surface area contributed by atoms with Crippen LogP contribution in [-0.2, 0) is 30.7 Å². The van der Waals surface area contributed by atoms with Crippen LogP contribution >= 0.6 is 7.60 Å². The number of hydrogen-bond donors (Lipinski definition) is 1. The molecule has 0 saturated heterocycles. The number of ether oxygens (including phenoxy) is 1. The second kappa shape index (κ2) is 11.1. The molecule has 11 heteroatoms. The monoisotopic (exact) mass is 490 g/mol. The van der Waals surface area contributed by atoms with Gasteiger partial charge in [0.25, 0.3) is 5.92 Å². The van der Waals surface area contributed by atoms with Crippen molar-refractivity contribution in [2.45, 2.75) is 77.9 Å². The van der Waals surface area contributed by atoms with Crippen molar-refractivity contribution in [3.8, 4) is 11.4 Å². The normalized spacial score (nSPS) is 14.9. The molecule has 1 aromatic carbocycles. The lowest BCUT2D eigenvalue weighted by Gasteiger charge is -2.32. The predicted octanol–water partition coefficient (Wildman–Crippen LogP) is 5.55. The highest BCUT2D eigenvalue weighted by atomic mass is 31.2. The zero-order valence-corrected chi connectivity index (χ0v) is 20.8. The summed E-state index contributed by atoms with van der Waals surface area (Å²) in [7, 11) is -3.81. The van der Waals surface area contributed by atoms with Gasteiger partial charge in [-0.1, -0.05) is 36.3 Å². The molecule has 0 aliphatic carbocycles. The molecule has 33 heavy (non-hydrogen) atoms. The molecule has 8 nitrogen and oxygen atoms in total. The van der Waals surface area contributed by atoms with Gasteiger partial charge in [0.05, 0.1) is 18.8 Å². The zero-order valence-electron chi connectivity index (χ0n) is 19.9. The third-order valence-electron chi connectivity index (χ3n) is 4.69. The van der Waals surface area contributed by atoms with E-state index >= 15 is 0 Å². The highest BCUT2D eigenvalue weighted by Crippen LogP contribution is 2.55. The Morgan fingerprint density at radius 2 is 1.67 bits per heavy atom. The molecule has 2 unspecified atom stereocenters. The van der Waals surface area contributed by atoms with Crippen LogP contribution in [0.25, 0.3) is 11.4 Å². The molecule has 2 atom stereocenters. The number of aromatic nitrogens is 2. The van der Waals surface area contributed by atoms with E-state index in [0.29, 0.717) is 5.56 Å². The van der Waals surface area contributed by atoms with Gasteiger partial charge in [0, 0.05) is 24.0 Å². The number of benzene rings is 1. The quantitative estimate of drug-likeness (QED) is 0.305. The molecule has 2 rings (SSSR count). The molecule has 0 amide bonds. The molecule has 1 heterocycles. The molecule has 0 saturated carbocycles. The van der Waals surface area contributed by atoms with Crippen molar-refractivity contribution in [2.24, 2.45) is 0 Å². The lowest BCUT2D eigenvalue weighted by atomic mass is 10.0. The van der Waals surface area contributed by atoms with Crippen LogP contribution in [0.3, 0.4) is 0 Å². The Balaban J connectivity index is 2.31. The summed E-state index contributed by atoms with van der Waals surface area (Å²) < 4.78 is 62.9. The van der Waals surface area contributed by atoms with Crippen LogP contribution in [0.4, 0.5) is 8.78 Å². The van der Waals surface area contributed by atoms with Gasteiger partial charge in [0.2, 0.25) is 11.7 Å². The summed E-state index contributed by atoms with van der Waals surface area (Å²) in [5.41, 5.74) is -1.49. The largest absolute Gasteiger partial charge is 0.367 e. The van der Waals surface area contributed by atoms with Gasteiger partial charge in [-0.2, -0.15) is 4.98 Å². The van der Waals surface area contributed by atoms with E-state index in [9.17, 15) is 18.5 Å². The lowest BCUT2D eigenvalue weighted by molar-refractivity contribution is -0.168. The minimum atomic E-state index is -3.81. The third-order valence-corrected chi connectivity index (χ3v) is 7.18. The SMILES string of the molecule is CCOP(=O)(OCC)C(Cc1nc(-c2ccc(C(F)(F)CC)cc2)no1)C(O)OC(C)(C)C. The van der Waals surface area contributed by atoms with E-state index in [1.165, 1.54) is 31.2 Å². The predicted molar refractivity (Wildman–Crippen MR) is 119 cm³/mol. The number of nitrogens with zero attached hydrogens (tertiary/aromatic N) is 2. The van der Waals surface area contributed by atoms with Crippen LogP contribution in [0.5, 0.6) is 0 Å². The van der Waals surface area contributed by atoms with Crippen LogP contribution in [0.15, 0.2) is 28.8 Å². The molecule has 186 valence electrons. The second-order valence-electron chi connectivity index (χ2n) is 8.41. The highest BCUT2D eigenvalue weighted by molar-refractivity contribution is 7.54. The maximum atomic E-state index is 13.9. The summed E-state index contributed by atoms with van der Waals surface area (Å²) in [5, 5.41) is 14.6. The first-order chi connectivity index (χ1) is 15.3.